The Labute approximate surface area is 176 Å². The average molecular weight is 429 g/mol. The first-order chi connectivity index (χ1) is 13.5. The number of Topliss-reactive ketones (excluding diaryl/α,β-unsaturated/α-hetero) is 2. The van der Waals surface area contributed by atoms with E-state index in [9.17, 15) is 14.4 Å². The number of ether oxygens (including phenoxy) is 3. The number of carbonyl (C=O) groups is 3. The van der Waals surface area contributed by atoms with Crippen LogP contribution in [0.1, 0.15) is 36.5 Å². The Kier molecular flexibility index (Phi) is 11.5. The van der Waals surface area contributed by atoms with Gasteiger partial charge in [-0.1, -0.05) is 0 Å². The van der Waals surface area contributed by atoms with E-state index < -0.39 is 12.0 Å². The van der Waals surface area contributed by atoms with Crippen LogP contribution in [-0.4, -0.2) is 62.6 Å². The molecule has 1 heterocycles. The predicted molar refractivity (Wildman–Crippen MR) is 110 cm³/mol. The van der Waals surface area contributed by atoms with Gasteiger partial charge in [-0.15, -0.1) is 12.4 Å². The van der Waals surface area contributed by atoms with E-state index in [4.69, 9.17) is 19.9 Å². The Hall–Kier alpha value is -2.00. The number of ketones is 2. The van der Waals surface area contributed by atoms with Gasteiger partial charge in [-0.2, -0.15) is 0 Å². The van der Waals surface area contributed by atoms with Crippen LogP contribution < -0.4 is 15.8 Å². The third-order valence-corrected chi connectivity index (χ3v) is 4.40. The summed E-state index contributed by atoms with van der Waals surface area (Å²) >= 11 is 0. The standard InChI is InChI=1S/C20H28N2O6.ClH/c1-2-26-20(25)13-28-15-5-3-14(4-6-15)18(23)11-17(21)19(24)12-27-16-7-9-22-10-8-16;/h3-6,16-17,22H,2,7-13,21H2,1H3;1H/t17-;/m0./s1. The van der Waals surface area contributed by atoms with Gasteiger partial charge in [-0.05, 0) is 57.1 Å². The second kappa shape index (κ2) is 13.3. The Morgan fingerprint density at radius 2 is 1.79 bits per heavy atom. The van der Waals surface area contributed by atoms with Gasteiger partial charge >= 0.3 is 5.97 Å². The maximum atomic E-state index is 12.3. The lowest BCUT2D eigenvalue weighted by molar-refractivity contribution is -0.145. The third kappa shape index (κ3) is 8.91. The number of hydrogen-bond acceptors (Lipinski definition) is 8. The number of rotatable bonds is 11. The molecule has 1 aliphatic rings. The van der Waals surface area contributed by atoms with Gasteiger partial charge in [0.15, 0.2) is 18.2 Å². The third-order valence-electron chi connectivity index (χ3n) is 4.40. The minimum Gasteiger partial charge on any atom is -0.482 e. The zero-order chi connectivity index (χ0) is 20.4. The van der Waals surface area contributed by atoms with Crippen LogP contribution in [0, 0.1) is 0 Å². The minimum absolute atomic E-state index is 0. The van der Waals surface area contributed by atoms with Crippen molar-refractivity contribution in [3.63, 3.8) is 0 Å². The second-order valence-corrected chi connectivity index (χ2v) is 6.58. The van der Waals surface area contributed by atoms with Crippen molar-refractivity contribution in [3.05, 3.63) is 29.8 Å². The minimum atomic E-state index is -0.894. The normalized spacial score (nSPS) is 15.1. The molecule has 0 amide bonds. The summed E-state index contributed by atoms with van der Waals surface area (Å²) in [7, 11) is 0. The molecule has 9 heteroatoms. The number of halogens is 1. The Morgan fingerprint density at radius 1 is 1.14 bits per heavy atom. The van der Waals surface area contributed by atoms with Gasteiger partial charge in [0.05, 0.1) is 18.8 Å². The molecular weight excluding hydrogens is 400 g/mol. The quantitative estimate of drug-likeness (QED) is 0.400. The molecule has 1 aromatic rings. The average Bonchev–Trinajstić information content (AvgIpc) is 2.71. The van der Waals surface area contributed by atoms with Crippen LogP contribution in [0.2, 0.25) is 0 Å². The van der Waals surface area contributed by atoms with Gasteiger partial charge < -0.3 is 25.3 Å². The summed E-state index contributed by atoms with van der Waals surface area (Å²) in [6.07, 6.45) is 1.71. The molecule has 1 saturated heterocycles. The lowest BCUT2D eigenvalue weighted by Crippen LogP contribution is -2.38. The fraction of sp³-hybridized carbons (Fsp3) is 0.550. The molecule has 1 atom stereocenters. The molecular formula is C20H29ClN2O6. The molecule has 0 unspecified atom stereocenters. The highest BCUT2D eigenvalue weighted by Gasteiger charge is 2.21. The molecule has 1 aliphatic heterocycles. The summed E-state index contributed by atoms with van der Waals surface area (Å²) in [5.41, 5.74) is 6.29. The summed E-state index contributed by atoms with van der Waals surface area (Å²) in [4.78, 5) is 35.7. The van der Waals surface area contributed by atoms with E-state index in [1.165, 1.54) is 0 Å². The van der Waals surface area contributed by atoms with Crippen LogP contribution in [0.5, 0.6) is 5.75 Å². The Bertz CT molecular complexity index is 661. The first kappa shape index (κ1) is 25.0. The molecule has 0 saturated carbocycles. The van der Waals surface area contributed by atoms with Gasteiger partial charge in [0, 0.05) is 12.0 Å². The lowest BCUT2D eigenvalue weighted by Gasteiger charge is -2.23. The lowest BCUT2D eigenvalue weighted by atomic mass is 10.0. The summed E-state index contributed by atoms with van der Waals surface area (Å²) in [6.45, 7) is 3.49. The topological polar surface area (TPSA) is 117 Å². The number of nitrogens with one attached hydrogen (secondary N) is 1. The van der Waals surface area contributed by atoms with Crippen LogP contribution in [0.25, 0.3) is 0 Å². The maximum Gasteiger partial charge on any atom is 0.344 e. The summed E-state index contributed by atoms with van der Waals surface area (Å²) < 4.78 is 15.6. The molecule has 29 heavy (non-hydrogen) atoms. The fourth-order valence-electron chi connectivity index (χ4n) is 2.78. The van der Waals surface area contributed by atoms with Gasteiger partial charge in [0.25, 0.3) is 0 Å². The van der Waals surface area contributed by atoms with E-state index >= 15 is 0 Å². The molecule has 0 bridgehead atoms. The molecule has 0 spiro atoms. The molecule has 162 valence electrons. The monoisotopic (exact) mass is 428 g/mol. The van der Waals surface area contributed by atoms with Crippen LogP contribution >= 0.6 is 12.4 Å². The number of carbonyl (C=O) groups excluding carboxylic acids is 3. The SMILES string of the molecule is CCOC(=O)COc1ccc(C(=O)C[C@H](N)C(=O)COC2CCNCC2)cc1.Cl. The molecule has 1 aromatic carbocycles. The highest BCUT2D eigenvalue weighted by Crippen LogP contribution is 2.14. The summed E-state index contributed by atoms with van der Waals surface area (Å²) in [5.74, 6) is -0.528. The van der Waals surface area contributed by atoms with Gasteiger partial charge in [-0.25, -0.2) is 4.79 Å². The zero-order valence-electron chi connectivity index (χ0n) is 16.6. The van der Waals surface area contributed by atoms with Gasteiger partial charge in [0.1, 0.15) is 12.4 Å². The first-order valence-corrected chi connectivity index (χ1v) is 9.52. The second-order valence-electron chi connectivity index (χ2n) is 6.58. The molecule has 2 rings (SSSR count). The van der Waals surface area contributed by atoms with Gasteiger partial charge in [0.2, 0.25) is 0 Å². The van der Waals surface area contributed by atoms with E-state index in [2.05, 4.69) is 5.32 Å². The number of nitrogens with two attached hydrogens (primary N) is 1. The van der Waals surface area contributed by atoms with Crippen LogP contribution in [0.4, 0.5) is 0 Å². The highest BCUT2D eigenvalue weighted by molar-refractivity contribution is 6.00. The van der Waals surface area contributed by atoms with Crippen LogP contribution in [0.15, 0.2) is 24.3 Å². The van der Waals surface area contributed by atoms with E-state index in [0.717, 1.165) is 25.9 Å². The van der Waals surface area contributed by atoms with Crippen LogP contribution in [0.3, 0.4) is 0 Å². The number of piperidine rings is 1. The summed E-state index contributed by atoms with van der Waals surface area (Å²) in [6, 6.07) is 5.42. The van der Waals surface area contributed by atoms with E-state index in [0.29, 0.717) is 11.3 Å². The Morgan fingerprint density at radius 3 is 2.41 bits per heavy atom. The van der Waals surface area contributed by atoms with E-state index in [-0.39, 0.29) is 56.3 Å². The molecule has 1 fully saturated rings. The van der Waals surface area contributed by atoms with Crippen molar-refractivity contribution in [2.45, 2.75) is 38.3 Å². The number of benzene rings is 1. The van der Waals surface area contributed by atoms with Gasteiger partial charge in [-0.3, -0.25) is 9.59 Å². The summed E-state index contributed by atoms with van der Waals surface area (Å²) in [5, 5.41) is 3.23. The molecule has 3 N–H and O–H groups in total. The van der Waals surface area contributed by atoms with Crippen LogP contribution in [-0.2, 0) is 19.1 Å². The van der Waals surface area contributed by atoms with Crippen molar-refractivity contribution in [2.75, 3.05) is 32.9 Å². The van der Waals surface area contributed by atoms with Crippen molar-refractivity contribution < 1.29 is 28.6 Å². The van der Waals surface area contributed by atoms with Crippen molar-refractivity contribution in [3.8, 4) is 5.75 Å². The smallest absolute Gasteiger partial charge is 0.344 e. The maximum absolute atomic E-state index is 12.3. The van der Waals surface area contributed by atoms with Crippen molar-refractivity contribution in [1.82, 2.24) is 5.32 Å². The largest absolute Gasteiger partial charge is 0.482 e. The first-order valence-electron chi connectivity index (χ1n) is 9.52. The fourth-order valence-corrected chi connectivity index (χ4v) is 2.78. The molecule has 0 aliphatic carbocycles. The van der Waals surface area contributed by atoms with E-state index in [1.807, 2.05) is 0 Å². The van der Waals surface area contributed by atoms with Crippen molar-refractivity contribution in [1.29, 1.82) is 0 Å². The molecule has 0 radical (unpaired) electrons. The number of esters is 1. The number of hydrogen-bond donors (Lipinski definition) is 2. The van der Waals surface area contributed by atoms with Crippen molar-refractivity contribution in [2.24, 2.45) is 5.73 Å². The predicted octanol–water partition coefficient (Wildman–Crippen LogP) is 1.29. The highest BCUT2D eigenvalue weighted by atomic mass is 35.5. The molecule has 8 nitrogen and oxygen atoms in total. The zero-order valence-corrected chi connectivity index (χ0v) is 17.4. The van der Waals surface area contributed by atoms with Crippen molar-refractivity contribution >= 4 is 29.9 Å². The van der Waals surface area contributed by atoms with E-state index in [1.54, 1.807) is 31.2 Å². The Balaban J connectivity index is 0.00000420. The molecule has 0 aromatic heterocycles.